The fraction of sp³-hybridized carbons (Fsp3) is 0.308. The van der Waals surface area contributed by atoms with Gasteiger partial charge in [-0.25, -0.2) is 9.59 Å². The molecule has 2 aromatic carbocycles. The van der Waals surface area contributed by atoms with E-state index in [4.69, 9.17) is 4.74 Å². The number of nitrogens with zero attached hydrogens (tertiary/aromatic N) is 2. The molecule has 182 valence electrons. The standard InChI is InChI=1S/C26H28N4O5/c1-26(2,3)22(24(32)33)28-23(31)21-20(13-30(4)29-21)27-25(34)35-14-19-17-11-7-5-9-15(17)16-10-6-8-12-18(16)19/h5-13,19,22H,14H2,1-4H3,(H,27,34)(H,28,31)(H,32,33)/t22-/m0/s1. The second-order valence-corrected chi connectivity index (χ2v) is 9.63. The summed E-state index contributed by atoms with van der Waals surface area (Å²) < 4.78 is 6.91. The number of carboxylic acids is 1. The maximum Gasteiger partial charge on any atom is 0.411 e. The largest absolute Gasteiger partial charge is 0.480 e. The van der Waals surface area contributed by atoms with Crippen molar-refractivity contribution in [2.75, 3.05) is 11.9 Å². The molecule has 4 rings (SSSR count). The molecule has 1 aromatic heterocycles. The predicted octanol–water partition coefficient (Wildman–Crippen LogP) is 4.01. The first kappa shape index (κ1) is 24.0. The Morgan fingerprint density at radius 1 is 1.06 bits per heavy atom. The van der Waals surface area contributed by atoms with E-state index < -0.39 is 29.4 Å². The fourth-order valence-electron chi connectivity index (χ4n) is 4.34. The van der Waals surface area contributed by atoms with Crippen molar-refractivity contribution in [1.29, 1.82) is 0 Å². The number of ether oxygens (including phenoxy) is 1. The van der Waals surface area contributed by atoms with Gasteiger partial charge in [-0.2, -0.15) is 5.10 Å². The van der Waals surface area contributed by atoms with Gasteiger partial charge in [-0.05, 0) is 27.7 Å². The van der Waals surface area contributed by atoms with Gasteiger partial charge >= 0.3 is 12.1 Å². The van der Waals surface area contributed by atoms with Crippen molar-refractivity contribution < 1.29 is 24.2 Å². The van der Waals surface area contributed by atoms with Crippen molar-refractivity contribution in [3.05, 3.63) is 71.5 Å². The Kier molecular flexibility index (Phi) is 6.34. The van der Waals surface area contributed by atoms with Crippen LogP contribution < -0.4 is 10.6 Å². The first-order valence-electron chi connectivity index (χ1n) is 11.3. The number of benzene rings is 2. The molecule has 3 aromatic rings. The summed E-state index contributed by atoms with van der Waals surface area (Å²) in [5.41, 5.74) is 3.72. The van der Waals surface area contributed by atoms with E-state index >= 15 is 0 Å². The van der Waals surface area contributed by atoms with Crippen LogP contribution in [0.15, 0.2) is 54.7 Å². The number of rotatable bonds is 6. The monoisotopic (exact) mass is 476 g/mol. The maximum absolute atomic E-state index is 12.8. The molecule has 0 saturated carbocycles. The number of hydrogen-bond donors (Lipinski definition) is 3. The normalized spacial score (nSPS) is 13.5. The fourth-order valence-corrected chi connectivity index (χ4v) is 4.34. The number of carbonyl (C=O) groups excluding carboxylic acids is 2. The van der Waals surface area contributed by atoms with Crippen LogP contribution in [0.1, 0.15) is 48.3 Å². The summed E-state index contributed by atoms with van der Waals surface area (Å²) in [4.78, 5) is 37.1. The maximum atomic E-state index is 12.8. The highest BCUT2D eigenvalue weighted by Gasteiger charge is 2.34. The highest BCUT2D eigenvalue weighted by molar-refractivity contribution is 6.02. The van der Waals surface area contributed by atoms with Crippen molar-refractivity contribution in [1.82, 2.24) is 15.1 Å². The Hall–Kier alpha value is -4.14. The molecule has 9 nitrogen and oxygen atoms in total. The molecule has 0 radical (unpaired) electrons. The summed E-state index contributed by atoms with van der Waals surface area (Å²) in [6.45, 7) is 5.24. The molecule has 0 spiro atoms. The van der Waals surface area contributed by atoms with E-state index in [2.05, 4.69) is 27.9 Å². The molecule has 9 heteroatoms. The van der Waals surface area contributed by atoms with Crippen molar-refractivity contribution in [3.8, 4) is 11.1 Å². The Balaban J connectivity index is 1.46. The summed E-state index contributed by atoms with van der Waals surface area (Å²) in [6, 6.07) is 14.9. The highest BCUT2D eigenvalue weighted by atomic mass is 16.5. The third kappa shape index (κ3) is 4.89. The lowest BCUT2D eigenvalue weighted by Crippen LogP contribution is -2.49. The molecule has 2 amide bonds. The number of carboxylic acid groups (broad SMARTS) is 1. The molecule has 35 heavy (non-hydrogen) atoms. The summed E-state index contributed by atoms with van der Waals surface area (Å²) in [6.07, 6.45) is 0.725. The average molecular weight is 477 g/mol. The van der Waals surface area contributed by atoms with Gasteiger partial charge in [0.05, 0.1) is 5.69 Å². The van der Waals surface area contributed by atoms with Gasteiger partial charge in [0.15, 0.2) is 5.69 Å². The zero-order valence-corrected chi connectivity index (χ0v) is 20.0. The van der Waals surface area contributed by atoms with Crippen LogP contribution in [0, 0.1) is 5.41 Å². The van der Waals surface area contributed by atoms with Gasteiger partial charge in [0, 0.05) is 19.2 Å². The number of fused-ring (bicyclic) bond motifs is 3. The minimum Gasteiger partial charge on any atom is -0.480 e. The zero-order chi connectivity index (χ0) is 25.3. The van der Waals surface area contributed by atoms with Gasteiger partial charge in [-0.15, -0.1) is 0 Å². The number of nitrogens with one attached hydrogen (secondary N) is 2. The molecule has 0 aliphatic heterocycles. The lowest BCUT2D eigenvalue weighted by molar-refractivity contribution is -0.142. The molecule has 1 heterocycles. The molecule has 1 atom stereocenters. The van der Waals surface area contributed by atoms with E-state index in [-0.39, 0.29) is 23.9 Å². The number of amides is 2. The Morgan fingerprint density at radius 2 is 1.63 bits per heavy atom. The lowest BCUT2D eigenvalue weighted by Gasteiger charge is -2.27. The zero-order valence-electron chi connectivity index (χ0n) is 20.0. The van der Waals surface area contributed by atoms with Gasteiger partial charge in [0.1, 0.15) is 12.6 Å². The van der Waals surface area contributed by atoms with Crippen LogP contribution >= 0.6 is 0 Å². The minimum absolute atomic E-state index is 0.100. The van der Waals surface area contributed by atoms with E-state index in [1.54, 1.807) is 27.8 Å². The van der Waals surface area contributed by atoms with E-state index in [1.165, 1.54) is 10.9 Å². The molecular formula is C26H28N4O5. The average Bonchev–Trinajstić information content (AvgIpc) is 3.32. The lowest BCUT2D eigenvalue weighted by atomic mass is 9.86. The Bertz CT molecular complexity index is 1250. The third-order valence-corrected chi connectivity index (χ3v) is 6.01. The quantitative estimate of drug-likeness (QED) is 0.494. The number of aliphatic carboxylic acids is 1. The van der Waals surface area contributed by atoms with E-state index in [9.17, 15) is 19.5 Å². The van der Waals surface area contributed by atoms with Crippen LogP contribution in [0.2, 0.25) is 0 Å². The van der Waals surface area contributed by atoms with Gasteiger partial charge in [0.2, 0.25) is 0 Å². The third-order valence-electron chi connectivity index (χ3n) is 6.01. The topological polar surface area (TPSA) is 123 Å². The van der Waals surface area contributed by atoms with Crippen LogP contribution in [0.3, 0.4) is 0 Å². The number of aromatic nitrogens is 2. The summed E-state index contributed by atoms with van der Waals surface area (Å²) in [7, 11) is 1.60. The Morgan fingerprint density at radius 3 is 2.17 bits per heavy atom. The first-order chi connectivity index (χ1) is 16.6. The van der Waals surface area contributed by atoms with Crippen molar-refractivity contribution in [3.63, 3.8) is 0 Å². The first-order valence-corrected chi connectivity index (χ1v) is 11.3. The summed E-state index contributed by atoms with van der Waals surface area (Å²) in [5, 5.41) is 18.7. The molecule has 0 saturated heterocycles. The van der Waals surface area contributed by atoms with Crippen molar-refractivity contribution >= 4 is 23.7 Å². The molecule has 1 aliphatic rings. The molecule has 0 unspecified atom stereocenters. The molecule has 0 fully saturated rings. The second-order valence-electron chi connectivity index (χ2n) is 9.63. The van der Waals surface area contributed by atoms with Gasteiger partial charge < -0.3 is 15.2 Å². The van der Waals surface area contributed by atoms with Gasteiger partial charge in [0.25, 0.3) is 5.91 Å². The highest BCUT2D eigenvalue weighted by Crippen LogP contribution is 2.44. The van der Waals surface area contributed by atoms with Gasteiger partial charge in [-0.1, -0.05) is 69.3 Å². The minimum atomic E-state index is -1.16. The number of aryl methyl sites for hydroxylation is 1. The summed E-state index contributed by atoms with van der Waals surface area (Å²) >= 11 is 0. The van der Waals surface area contributed by atoms with Crippen LogP contribution in [-0.2, 0) is 16.6 Å². The molecule has 0 bridgehead atoms. The predicted molar refractivity (Wildman–Crippen MR) is 130 cm³/mol. The van der Waals surface area contributed by atoms with Crippen LogP contribution in [0.25, 0.3) is 11.1 Å². The van der Waals surface area contributed by atoms with Crippen LogP contribution in [0.4, 0.5) is 10.5 Å². The van der Waals surface area contributed by atoms with Gasteiger partial charge in [-0.3, -0.25) is 14.8 Å². The van der Waals surface area contributed by atoms with Crippen molar-refractivity contribution in [2.45, 2.75) is 32.7 Å². The number of hydrogen-bond acceptors (Lipinski definition) is 5. The Labute approximate surface area is 203 Å². The van der Waals surface area contributed by atoms with Crippen LogP contribution in [-0.4, -0.2) is 45.5 Å². The molecule has 3 N–H and O–H groups in total. The van der Waals surface area contributed by atoms with E-state index in [1.807, 2.05) is 36.4 Å². The smallest absolute Gasteiger partial charge is 0.411 e. The summed E-state index contributed by atoms with van der Waals surface area (Å²) in [5.74, 6) is -1.97. The SMILES string of the molecule is Cn1cc(NC(=O)OCC2c3ccccc3-c3ccccc32)c(C(=O)N[C@@H](C(=O)O)C(C)(C)C)n1. The number of carbonyl (C=O) groups is 3. The van der Waals surface area contributed by atoms with E-state index in [0.29, 0.717) is 0 Å². The second kappa shape index (κ2) is 9.25. The van der Waals surface area contributed by atoms with E-state index in [0.717, 1.165) is 22.3 Å². The molecular weight excluding hydrogens is 448 g/mol. The van der Waals surface area contributed by atoms with Crippen LogP contribution in [0.5, 0.6) is 0 Å². The molecule has 1 aliphatic carbocycles. The number of anilines is 1. The van der Waals surface area contributed by atoms with Crippen molar-refractivity contribution in [2.24, 2.45) is 12.5 Å².